The number of primary amides is 1. The number of sulfonamides is 1. The molecule has 0 aliphatic rings. The molecule has 9 nitrogen and oxygen atoms in total. The zero-order valence-corrected chi connectivity index (χ0v) is 22.6. The molecule has 3 rings (SSSR count). The summed E-state index contributed by atoms with van der Waals surface area (Å²) in [5.74, 6) is -1.79. The molecular formula is C26H27Cl2N5O4S. The van der Waals surface area contributed by atoms with Crippen molar-refractivity contribution < 1.29 is 18.3 Å². The van der Waals surface area contributed by atoms with Gasteiger partial charge in [0.05, 0.1) is 11.0 Å². The topological polar surface area (TPSA) is 158 Å². The van der Waals surface area contributed by atoms with Crippen molar-refractivity contribution >= 4 is 50.8 Å². The van der Waals surface area contributed by atoms with Crippen molar-refractivity contribution in [3.8, 4) is 0 Å². The molecule has 38 heavy (non-hydrogen) atoms. The molecule has 0 fully saturated rings. The number of aliphatic hydroxyl groups is 1. The second-order valence-corrected chi connectivity index (χ2v) is 10.9. The van der Waals surface area contributed by atoms with Crippen molar-refractivity contribution in [1.82, 2.24) is 10.6 Å². The van der Waals surface area contributed by atoms with E-state index in [2.05, 4.69) is 15.0 Å². The third-order valence-corrected chi connectivity index (χ3v) is 7.38. The van der Waals surface area contributed by atoms with E-state index in [1.807, 2.05) is 30.3 Å². The number of carbonyl (C=O) groups is 1. The van der Waals surface area contributed by atoms with Crippen LogP contribution in [0.1, 0.15) is 24.0 Å². The Morgan fingerprint density at radius 3 is 2.08 bits per heavy atom. The number of amides is 1. The molecule has 12 heteroatoms. The molecule has 0 unspecified atom stereocenters. The smallest absolute Gasteiger partial charge is 0.285 e. The third kappa shape index (κ3) is 7.78. The predicted molar refractivity (Wildman–Crippen MR) is 149 cm³/mol. The molecule has 0 bridgehead atoms. The first-order valence-corrected chi connectivity index (χ1v) is 13.6. The van der Waals surface area contributed by atoms with E-state index in [9.17, 15) is 18.3 Å². The molecule has 0 spiro atoms. The first-order valence-electron chi connectivity index (χ1n) is 11.5. The molecule has 0 heterocycles. The van der Waals surface area contributed by atoms with Crippen LogP contribution in [0.3, 0.4) is 0 Å². The highest BCUT2D eigenvalue weighted by molar-refractivity contribution is 7.90. The summed E-state index contributed by atoms with van der Waals surface area (Å²) in [6.45, 7) is 1.34. The number of carbonyl (C=O) groups excluding carboxylic acids is 1. The number of benzene rings is 3. The molecule has 3 atom stereocenters. The largest absolute Gasteiger partial charge is 0.391 e. The third-order valence-electron chi connectivity index (χ3n) is 5.58. The van der Waals surface area contributed by atoms with Crippen LogP contribution in [-0.4, -0.2) is 49.8 Å². The highest BCUT2D eigenvalue weighted by atomic mass is 35.5. The predicted octanol–water partition coefficient (Wildman–Crippen LogP) is 3.30. The van der Waals surface area contributed by atoms with Crippen LogP contribution < -0.4 is 16.4 Å². The second-order valence-electron chi connectivity index (χ2n) is 8.40. The molecule has 0 aliphatic carbocycles. The van der Waals surface area contributed by atoms with E-state index < -0.39 is 34.0 Å². The highest BCUT2D eigenvalue weighted by Gasteiger charge is 2.26. The number of rotatable bonds is 10. The zero-order valence-electron chi connectivity index (χ0n) is 20.3. The van der Waals surface area contributed by atoms with Crippen molar-refractivity contribution in [3.63, 3.8) is 0 Å². The molecule has 0 saturated heterocycles. The molecule has 0 aromatic heterocycles. The lowest BCUT2D eigenvalue weighted by molar-refractivity contribution is -0.121. The number of hydrogen-bond acceptors (Lipinski definition) is 5. The van der Waals surface area contributed by atoms with Crippen LogP contribution in [0.15, 0.2) is 88.2 Å². The molecule has 0 aliphatic heterocycles. The second kappa shape index (κ2) is 12.9. The Labute approximate surface area is 231 Å². The fourth-order valence-corrected chi connectivity index (χ4v) is 4.76. The number of hydrogen-bond donors (Lipinski definition) is 5. The quantitative estimate of drug-likeness (QED) is 0.184. The Hall–Kier alpha value is -3.44. The van der Waals surface area contributed by atoms with E-state index in [1.165, 1.54) is 31.2 Å². The van der Waals surface area contributed by atoms with Gasteiger partial charge in [-0.05, 0) is 54.4 Å². The highest BCUT2D eigenvalue weighted by Crippen LogP contribution is 2.22. The summed E-state index contributed by atoms with van der Waals surface area (Å²) in [6, 6.07) is 20.0. The monoisotopic (exact) mass is 575 g/mol. The first-order chi connectivity index (χ1) is 18.0. The van der Waals surface area contributed by atoms with Gasteiger partial charge in [-0.3, -0.25) is 4.79 Å². The fraction of sp³-hybridized carbons (Fsp3) is 0.192. The minimum absolute atomic E-state index is 0.0126. The van der Waals surface area contributed by atoms with Crippen molar-refractivity contribution in [2.45, 2.75) is 29.9 Å². The van der Waals surface area contributed by atoms with Gasteiger partial charge in [0.2, 0.25) is 11.9 Å². The number of nitrogens with zero attached hydrogens (tertiary/aromatic N) is 1. The van der Waals surface area contributed by atoms with Gasteiger partial charge >= 0.3 is 0 Å². The van der Waals surface area contributed by atoms with Crippen LogP contribution in [0.5, 0.6) is 0 Å². The zero-order chi connectivity index (χ0) is 27.9. The van der Waals surface area contributed by atoms with Gasteiger partial charge in [-0.1, -0.05) is 65.7 Å². The maximum atomic E-state index is 13.0. The van der Waals surface area contributed by atoms with E-state index >= 15 is 0 Å². The van der Waals surface area contributed by atoms with Gasteiger partial charge in [0, 0.05) is 28.2 Å². The van der Waals surface area contributed by atoms with Crippen molar-refractivity contribution in [3.05, 3.63) is 100 Å². The summed E-state index contributed by atoms with van der Waals surface area (Å²) < 4.78 is 29.9. The lowest BCUT2D eigenvalue weighted by atomic mass is 9.90. The summed E-state index contributed by atoms with van der Waals surface area (Å²) >= 11 is 11.9. The summed E-state index contributed by atoms with van der Waals surface area (Å²) in [7, 11) is -4.26. The Bertz CT molecular complexity index is 1400. The standard InChI is InChI=1S/C26H27Cl2N5O4S/c1-16(34)24(25(30)35)32-26(33-38(36,37)21-13-11-20(28)12-14-21)31-15-22(17-5-3-2-4-6-17)23(29)18-7-9-19(27)10-8-18/h2-14,16,22,24,29,34H,15H2,1H3,(H2,30,35)(H2,31,32,33)/t16-,22-,24+/m0/s1. The lowest BCUT2D eigenvalue weighted by Crippen LogP contribution is -2.55. The van der Waals surface area contributed by atoms with Crippen LogP contribution in [-0.2, 0) is 14.8 Å². The Morgan fingerprint density at radius 1 is 1.00 bits per heavy atom. The number of halogens is 2. The van der Waals surface area contributed by atoms with E-state index in [1.54, 1.807) is 24.3 Å². The molecule has 200 valence electrons. The Kier molecular flexibility index (Phi) is 9.87. The van der Waals surface area contributed by atoms with E-state index in [4.69, 9.17) is 34.3 Å². The number of aliphatic hydroxyl groups excluding tert-OH is 1. The van der Waals surface area contributed by atoms with E-state index in [0.717, 1.165) is 5.56 Å². The SMILES string of the molecule is C[C@H](O)[C@@H](N/C(=N\S(=O)(=O)c1ccc(Cl)cc1)NC[C@H](C(=N)c1ccc(Cl)cc1)c1ccccc1)C(N)=O. The van der Waals surface area contributed by atoms with Gasteiger partial charge in [0.25, 0.3) is 10.0 Å². The number of guanidine groups is 1. The van der Waals surface area contributed by atoms with Crippen LogP contribution >= 0.6 is 23.2 Å². The normalized spacial score (nSPS) is 14.3. The lowest BCUT2D eigenvalue weighted by Gasteiger charge is -2.24. The molecule has 1 amide bonds. The molecule has 6 N–H and O–H groups in total. The average Bonchev–Trinajstić information content (AvgIpc) is 2.87. The Balaban J connectivity index is 1.98. The maximum absolute atomic E-state index is 13.0. The van der Waals surface area contributed by atoms with E-state index in [0.29, 0.717) is 15.6 Å². The van der Waals surface area contributed by atoms with Crippen molar-refractivity contribution in [1.29, 1.82) is 5.41 Å². The molecular weight excluding hydrogens is 549 g/mol. The molecule has 3 aromatic rings. The fourth-order valence-electron chi connectivity index (χ4n) is 3.57. The van der Waals surface area contributed by atoms with Crippen LogP contribution in [0.4, 0.5) is 0 Å². The van der Waals surface area contributed by atoms with Crippen molar-refractivity contribution in [2.75, 3.05) is 6.54 Å². The summed E-state index contributed by atoms with van der Waals surface area (Å²) in [5.41, 5.74) is 7.04. The Morgan fingerprint density at radius 2 is 1.55 bits per heavy atom. The van der Waals surface area contributed by atoms with E-state index in [-0.39, 0.29) is 23.1 Å². The minimum atomic E-state index is -4.26. The van der Waals surface area contributed by atoms with Crippen LogP contribution in [0, 0.1) is 5.41 Å². The number of nitrogens with one attached hydrogen (secondary N) is 3. The summed E-state index contributed by atoms with van der Waals surface area (Å²) in [5, 5.41) is 25.3. The van der Waals surface area contributed by atoms with Gasteiger partial charge in [-0.25, -0.2) is 0 Å². The van der Waals surface area contributed by atoms with Gasteiger partial charge in [-0.2, -0.15) is 8.42 Å². The van der Waals surface area contributed by atoms with Crippen LogP contribution in [0.25, 0.3) is 0 Å². The van der Waals surface area contributed by atoms with Crippen LogP contribution in [0.2, 0.25) is 10.0 Å². The first kappa shape index (κ1) is 29.1. The molecule has 0 saturated carbocycles. The van der Waals surface area contributed by atoms with Gasteiger partial charge < -0.3 is 26.9 Å². The summed E-state index contributed by atoms with van der Waals surface area (Å²) in [6.07, 6.45) is -1.25. The average molecular weight is 577 g/mol. The van der Waals surface area contributed by atoms with Gasteiger partial charge in [0.1, 0.15) is 6.04 Å². The number of nitrogens with two attached hydrogens (primary N) is 1. The van der Waals surface area contributed by atoms with Gasteiger partial charge in [0.15, 0.2) is 0 Å². The maximum Gasteiger partial charge on any atom is 0.285 e. The molecule has 3 aromatic carbocycles. The summed E-state index contributed by atoms with van der Waals surface area (Å²) in [4.78, 5) is 11.8. The minimum Gasteiger partial charge on any atom is -0.391 e. The molecule has 0 radical (unpaired) electrons. The van der Waals surface area contributed by atoms with Gasteiger partial charge in [-0.15, -0.1) is 4.40 Å². The van der Waals surface area contributed by atoms with Crippen molar-refractivity contribution in [2.24, 2.45) is 10.1 Å².